The second kappa shape index (κ2) is 8.41. The van der Waals surface area contributed by atoms with Crippen LogP contribution in [0.4, 0.5) is 0 Å². The van der Waals surface area contributed by atoms with E-state index in [1.807, 2.05) is 49.5 Å². The Balaban J connectivity index is 2.11. The van der Waals surface area contributed by atoms with E-state index in [9.17, 15) is 5.26 Å². The highest BCUT2D eigenvalue weighted by Crippen LogP contribution is 2.19. The summed E-state index contributed by atoms with van der Waals surface area (Å²) in [6, 6.07) is 21.2. The van der Waals surface area contributed by atoms with Crippen LogP contribution in [0.15, 0.2) is 70.1 Å². The van der Waals surface area contributed by atoms with Crippen molar-refractivity contribution in [1.82, 2.24) is 4.90 Å². The highest BCUT2D eigenvalue weighted by atomic mass is 79.9. The largest absolute Gasteiger partial charge is 0.343 e. The Kier molecular flexibility index (Phi) is 5.96. The smallest absolute Gasteiger partial charge is 0.154 e. The molecule has 136 valence electrons. The van der Waals surface area contributed by atoms with E-state index >= 15 is 0 Å². The van der Waals surface area contributed by atoms with Gasteiger partial charge in [0.05, 0.1) is 6.07 Å². The molecular weight excluding hydrogens is 411 g/mol. The summed E-state index contributed by atoms with van der Waals surface area (Å²) in [6.07, 6.45) is 0. The van der Waals surface area contributed by atoms with Crippen molar-refractivity contribution in [2.45, 2.75) is 13.0 Å². The zero-order valence-corrected chi connectivity index (χ0v) is 17.2. The minimum absolute atomic E-state index is 0.0770. The summed E-state index contributed by atoms with van der Waals surface area (Å²) in [5.74, 6) is 0.636. The Labute approximate surface area is 174 Å². The number of nitrogens with one attached hydrogen (secondary N) is 1. The molecule has 0 fully saturated rings. The summed E-state index contributed by atoms with van der Waals surface area (Å²) in [5, 5.41) is 20.1. The van der Waals surface area contributed by atoms with Crippen molar-refractivity contribution in [3.8, 4) is 6.07 Å². The molecule has 0 bridgehead atoms. The average molecular weight is 429 g/mol. The molecule has 1 N–H and O–H groups in total. The second-order valence-electron chi connectivity index (χ2n) is 6.54. The zero-order chi connectivity index (χ0) is 20.3. The van der Waals surface area contributed by atoms with Crippen LogP contribution >= 0.6 is 15.9 Å². The second-order valence-corrected chi connectivity index (χ2v) is 7.45. The van der Waals surface area contributed by atoms with E-state index in [0.29, 0.717) is 16.9 Å². The van der Waals surface area contributed by atoms with E-state index < -0.39 is 6.04 Å². The molecule has 0 spiro atoms. The Morgan fingerprint density at radius 3 is 2.50 bits per heavy atom. The number of nitrogens with zero attached hydrogens (tertiary/aromatic N) is 3. The summed E-state index contributed by atoms with van der Waals surface area (Å²) >= 11 is 3.40. The van der Waals surface area contributed by atoms with E-state index in [2.05, 4.69) is 27.0 Å². The van der Waals surface area contributed by atoms with Crippen LogP contribution in [-0.4, -0.2) is 37.5 Å². The van der Waals surface area contributed by atoms with Crippen molar-refractivity contribution in [2.75, 3.05) is 7.05 Å². The highest BCUT2D eigenvalue weighted by molar-refractivity contribution is 9.10. The summed E-state index contributed by atoms with van der Waals surface area (Å²) in [7, 11) is 7.71. The van der Waals surface area contributed by atoms with E-state index in [1.54, 1.807) is 30.0 Å². The highest BCUT2D eigenvalue weighted by Gasteiger charge is 2.17. The summed E-state index contributed by atoms with van der Waals surface area (Å²) < 4.78 is 0.786. The van der Waals surface area contributed by atoms with Gasteiger partial charge in [-0.3, -0.25) is 5.41 Å². The topological polar surface area (TPSA) is 63.2 Å². The Morgan fingerprint density at radius 2 is 1.82 bits per heavy atom. The van der Waals surface area contributed by atoms with Gasteiger partial charge in [0.2, 0.25) is 0 Å². The first-order valence-electron chi connectivity index (χ1n) is 8.74. The lowest BCUT2D eigenvalue weighted by atomic mass is 9.94. The van der Waals surface area contributed by atoms with E-state index in [1.165, 1.54) is 0 Å². The Hall–Kier alpha value is -2.91. The molecule has 0 aliphatic heterocycles. The molecule has 0 aliphatic carbocycles. The fraction of sp³-hybridized carbons (Fsp3) is 0.136. The van der Waals surface area contributed by atoms with Gasteiger partial charge < -0.3 is 4.90 Å². The van der Waals surface area contributed by atoms with Crippen molar-refractivity contribution >= 4 is 51.7 Å². The first-order chi connectivity index (χ1) is 13.4. The number of fused-ring (bicyclic) bond motifs is 1. The number of rotatable bonds is 3. The number of halogens is 1. The van der Waals surface area contributed by atoms with E-state index in [-0.39, 0.29) is 5.84 Å². The van der Waals surface area contributed by atoms with E-state index in [4.69, 9.17) is 13.3 Å². The monoisotopic (exact) mass is 428 g/mol. The number of hydrogen-bond acceptors (Lipinski definition) is 2. The number of nitriles is 1. The van der Waals surface area contributed by atoms with Crippen molar-refractivity contribution in [1.29, 1.82) is 10.7 Å². The third-order valence-corrected chi connectivity index (χ3v) is 4.98. The van der Waals surface area contributed by atoms with Gasteiger partial charge in [-0.1, -0.05) is 69.9 Å². The lowest BCUT2D eigenvalue weighted by molar-refractivity contribution is 0.462. The fourth-order valence-corrected chi connectivity index (χ4v) is 3.38. The molecule has 28 heavy (non-hydrogen) atoms. The predicted molar refractivity (Wildman–Crippen MR) is 120 cm³/mol. The minimum atomic E-state index is -0.398. The molecule has 0 aromatic heterocycles. The number of aliphatic imine (C=N–C) groups is 1. The predicted octanol–water partition coefficient (Wildman–Crippen LogP) is 4.01. The Morgan fingerprint density at radius 1 is 1.11 bits per heavy atom. The summed E-state index contributed by atoms with van der Waals surface area (Å²) in [6.45, 7) is 1.80. The molecule has 1 unspecified atom stereocenters. The van der Waals surface area contributed by atoms with Crippen LogP contribution in [0.1, 0.15) is 18.1 Å². The molecule has 0 amide bonds. The molecule has 2 radical (unpaired) electrons. The lowest BCUT2D eigenvalue weighted by Gasteiger charge is -2.24. The van der Waals surface area contributed by atoms with Crippen LogP contribution in [0.25, 0.3) is 10.8 Å². The van der Waals surface area contributed by atoms with Crippen LogP contribution in [0, 0.1) is 16.7 Å². The first-order valence-corrected chi connectivity index (χ1v) is 9.53. The fourth-order valence-electron chi connectivity index (χ4n) is 2.86. The maximum atomic E-state index is 9.37. The quantitative estimate of drug-likeness (QED) is 0.389. The van der Waals surface area contributed by atoms with Gasteiger partial charge >= 0.3 is 0 Å². The van der Waals surface area contributed by atoms with Crippen LogP contribution in [0.5, 0.6) is 0 Å². The molecule has 0 saturated heterocycles. The molecular formula is C22H18BBrN4. The third-order valence-electron chi connectivity index (χ3n) is 4.52. The van der Waals surface area contributed by atoms with Crippen LogP contribution in [0.2, 0.25) is 0 Å². The molecule has 4 nitrogen and oxygen atoms in total. The van der Waals surface area contributed by atoms with E-state index in [0.717, 1.165) is 20.8 Å². The van der Waals surface area contributed by atoms with Gasteiger partial charge in [-0.05, 0) is 29.8 Å². The molecule has 3 aromatic rings. The molecule has 3 aromatic carbocycles. The molecule has 3 rings (SSSR count). The maximum absolute atomic E-state index is 9.37. The van der Waals surface area contributed by atoms with Crippen molar-refractivity contribution in [3.05, 3.63) is 76.3 Å². The van der Waals surface area contributed by atoms with Gasteiger partial charge in [-0.2, -0.15) is 5.26 Å². The number of benzene rings is 3. The zero-order valence-electron chi connectivity index (χ0n) is 15.6. The maximum Gasteiger partial charge on any atom is 0.154 e. The molecule has 0 aliphatic rings. The summed E-state index contributed by atoms with van der Waals surface area (Å²) in [5.41, 5.74) is 1.99. The van der Waals surface area contributed by atoms with Crippen molar-refractivity contribution in [2.24, 2.45) is 4.99 Å². The lowest BCUT2D eigenvalue weighted by Crippen LogP contribution is -2.35. The van der Waals surface area contributed by atoms with Crippen molar-refractivity contribution in [3.63, 3.8) is 0 Å². The van der Waals surface area contributed by atoms with Gasteiger partial charge in [-0.15, -0.1) is 0 Å². The van der Waals surface area contributed by atoms with Crippen LogP contribution in [-0.2, 0) is 0 Å². The number of hydrogen-bond donors (Lipinski definition) is 1. The molecule has 0 saturated carbocycles. The van der Waals surface area contributed by atoms with Gasteiger partial charge in [0.1, 0.15) is 19.7 Å². The molecule has 6 heteroatoms. The van der Waals surface area contributed by atoms with Gasteiger partial charge in [-0.25, -0.2) is 4.99 Å². The summed E-state index contributed by atoms with van der Waals surface area (Å²) in [4.78, 5) is 6.35. The van der Waals surface area contributed by atoms with Gasteiger partial charge in [0.15, 0.2) is 5.84 Å². The SMILES string of the molecule is [B]c1cc(Br)cc(C(=N)N=C(c2ccc3ccccc3c2)N(C)C(C)C#N)c1. The van der Waals surface area contributed by atoms with Gasteiger partial charge in [0.25, 0.3) is 0 Å². The average Bonchev–Trinajstić information content (AvgIpc) is 2.69. The van der Waals surface area contributed by atoms with Gasteiger partial charge in [0, 0.05) is 22.6 Å². The third kappa shape index (κ3) is 4.32. The normalized spacial score (nSPS) is 12.4. The molecule has 0 heterocycles. The Bertz CT molecular complexity index is 1100. The van der Waals surface area contributed by atoms with Crippen molar-refractivity contribution < 1.29 is 0 Å². The number of amidine groups is 2. The van der Waals surface area contributed by atoms with Crippen LogP contribution in [0.3, 0.4) is 0 Å². The van der Waals surface area contributed by atoms with Crippen LogP contribution < -0.4 is 5.46 Å². The molecule has 1 atom stereocenters. The minimum Gasteiger partial charge on any atom is -0.343 e. The standard InChI is InChI=1S/C22H18BBrN4/c1-14(13-25)28(2)22(17-8-7-15-5-3-4-6-16(15)9-17)27-21(26)18-10-19(23)12-20(24)11-18/h3-12,14,26H,1-2H3. The first kappa shape index (κ1) is 19.8.